The fraction of sp³-hybridized carbons (Fsp3) is 0.625. The monoisotopic (exact) mass is 139 g/mol. The van der Waals surface area contributed by atoms with Crippen LogP contribution in [0.2, 0.25) is 0 Å². The quantitative estimate of drug-likeness (QED) is 0.314. The van der Waals surface area contributed by atoms with Gasteiger partial charge in [-0.25, -0.2) is 4.99 Å². The summed E-state index contributed by atoms with van der Waals surface area (Å²) in [5.41, 5.74) is 0. The Morgan fingerprint density at radius 3 is 2.80 bits per heavy atom. The van der Waals surface area contributed by atoms with Crippen LogP contribution in [0.1, 0.15) is 32.1 Å². The molecule has 0 aromatic heterocycles. The van der Waals surface area contributed by atoms with E-state index in [0.29, 0.717) is 6.41 Å². The maximum atomic E-state index is 9.65. The van der Waals surface area contributed by atoms with E-state index >= 15 is 0 Å². The third-order valence-electron chi connectivity index (χ3n) is 1.18. The highest BCUT2D eigenvalue weighted by molar-refractivity contribution is 5.68. The van der Waals surface area contributed by atoms with Crippen LogP contribution >= 0.6 is 0 Å². The number of aliphatic imine (C=N–C) groups is 1. The van der Waals surface area contributed by atoms with Gasteiger partial charge in [0.1, 0.15) is 0 Å². The van der Waals surface area contributed by atoms with Crippen LogP contribution in [0.25, 0.3) is 0 Å². The standard InChI is InChI=1S/C8H13NO/c1-2-3-4-5-6-7-9-8-10/h8H,1-6H2. The summed E-state index contributed by atoms with van der Waals surface area (Å²) in [4.78, 5) is 13.0. The summed E-state index contributed by atoms with van der Waals surface area (Å²) < 4.78 is 0. The van der Waals surface area contributed by atoms with Crippen LogP contribution in [0, 0.1) is 6.92 Å². The summed E-state index contributed by atoms with van der Waals surface area (Å²) in [6.45, 7) is 3.72. The second-order valence-electron chi connectivity index (χ2n) is 2.06. The summed E-state index contributed by atoms with van der Waals surface area (Å²) in [6.07, 6.45) is 8.30. The molecule has 1 amide bonds. The Balaban J connectivity index is 2.90. The van der Waals surface area contributed by atoms with E-state index in [4.69, 9.17) is 0 Å². The van der Waals surface area contributed by atoms with Crippen molar-refractivity contribution in [2.24, 2.45) is 4.99 Å². The number of hydrogen-bond donors (Lipinski definition) is 0. The average molecular weight is 139 g/mol. The molecule has 0 aromatic carbocycles. The number of hydrogen-bond acceptors (Lipinski definition) is 1. The lowest BCUT2D eigenvalue weighted by Crippen LogP contribution is -1.78. The molecule has 10 heavy (non-hydrogen) atoms. The second-order valence-corrected chi connectivity index (χ2v) is 2.06. The number of carbonyl (C=O) groups excluding carboxylic acids is 1. The van der Waals surface area contributed by atoms with E-state index in [1.54, 1.807) is 0 Å². The molecule has 2 radical (unpaired) electrons. The van der Waals surface area contributed by atoms with Crippen LogP contribution in [-0.4, -0.2) is 12.6 Å². The zero-order valence-electron chi connectivity index (χ0n) is 6.18. The van der Waals surface area contributed by atoms with E-state index in [9.17, 15) is 4.79 Å². The predicted octanol–water partition coefficient (Wildman–Crippen LogP) is 1.88. The SMILES string of the molecule is [CH2]CCCCC/[C]=N/C=O. The Bertz CT molecular complexity index is 99.4. The molecule has 0 bridgehead atoms. The van der Waals surface area contributed by atoms with Gasteiger partial charge in [-0.2, -0.15) is 0 Å². The van der Waals surface area contributed by atoms with E-state index in [-0.39, 0.29) is 0 Å². The molecule has 0 saturated heterocycles. The minimum absolute atomic E-state index is 0.515. The number of carbonyl (C=O) groups is 1. The van der Waals surface area contributed by atoms with E-state index in [2.05, 4.69) is 18.1 Å². The Hall–Kier alpha value is -0.660. The van der Waals surface area contributed by atoms with Gasteiger partial charge in [0.15, 0.2) is 0 Å². The van der Waals surface area contributed by atoms with Crippen LogP contribution < -0.4 is 0 Å². The van der Waals surface area contributed by atoms with Gasteiger partial charge in [-0.3, -0.25) is 4.79 Å². The van der Waals surface area contributed by atoms with E-state index < -0.39 is 0 Å². The van der Waals surface area contributed by atoms with Crippen LogP contribution in [0.15, 0.2) is 4.99 Å². The van der Waals surface area contributed by atoms with Crippen LogP contribution in [0.3, 0.4) is 0 Å². The number of amides is 1. The molecule has 0 saturated carbocycles. The number of rotatable bonds is 6. The molecule has 0 rings (SSSR count). The Labute approximate surface area is 62.4 Å². The maximum Gasteiger partial charge on any atom is 0.233 e. The molecule has 0 aliphatic rings. The Morgan fingerprint density at radius 1 is 1.40 bits per heavy atom. The lowest BCUT2D eigenvalue weighted by atomic mass is 10.2. The van der Waals surface area contributed by atoms with Crippen molar-refractivity contribution in [1.82, 2.24) is 0 Å². The first-order valence-corrected chi connectivity index (χ1v) is 3.57. The van der Waals surface area contributed by atoms with Crippen molar-refractivity contribution >= 4 is 12.6 Å². The highest BCUT2D eigenvalue weighted by Crippen LogP contribution is 1.99. The first-order valence-electron chi connectivity index (χ1n) is 3.57. The van der Waals surface area contributed by atoms with Crippen molar-refractivity contribution in [1.29, 1.82) is 0 Å². The van der Waals surface area contributed by atoms with Gasteiger partial charge in [0.25, 0.3) is 0 Å². The summed E-state index contributed by atoms with van der Waals surface area (Å²) in [7, 11) is 0. The van der Waals surface area contributed by atoms with Gasteiger partial charge in [-0.1, -0.05) is 26.2 Å². The maximum absolute atomic E-state index is 9.65. The third kappa shape index (κ3) is 7.34. The molecule has 0 N–H and O–H groups in total. The van der Waals surface area contributed by atoms with Gasteiger partial charge >= 0.3 is 0 Å². The molecule has 0 aromatic rings. The molecular weight excluding hydrogens is 126 g/mol. The topological polar surface area (TPSA) is 29.4 Å². The highest BCUT2D eigenvalue weighted by Gasteiger charge is 1.84. The van der Waals surface area contributed by atoms with E-state index in [1.165, 1.54) is 0 Å². The van der Waals surface area contributed by atoms with Gasteiger partial charge in [0.2, 0.25) is 6.41 Å². The van der Waals surface area contributed by atoms with Crippen LogP contribution in [-0.2, 0) is 4.79 Å². The summed E-state index contributed by atoms with van der Waals surface area (Å²) in [6, 6.07) is 0. The number of nitrogens with zero attached hydrogens (tertiary/aromatic N) is 1. The van der Waals surface area contributed by atoms with Gasteiger partial charge in [0, 0.05) is 0 Å². The fourth-order valence-corrected chi connectivity index (χ4v) is 0.659. The molecule has 0 aliphatic carbocycles. The molecule has 0 atom stereocenters. The van der Waals surface area contributed by atoms with Gasteiger partial charge < -0.3 is 0 Å². The molecule has 0 spiro atoms. The van der Waals surface area contributed by atoms with Gasteiger partial charge in [0.05, 0.1) is 6.21 Å². The zero-order valence-corrected chi connectivity index (χ0v) is 6.18. The normalized spacial score (nSPS) is 10.5. The molecule has 2 nitrogen and oxygen atoms in total. The lowest BCUT2D eigenvalue weighted by molar-refractivity contribution is -0.106. The fourth-order valence-electron chi connectivity index (χ4n) is 0.659. The first kappa shape index (κ1) is 9.34. The molecule has 2 heteroatoms. The van der Waals surface area contributed by atoms with Crippen molar-refractivity contribution in [3.63, 3.8) is 0 Å². The van der Waals surface area contributed by atoms with Crippen LogP contribution in [0.4, 0.5) is 0 Å². The molecule has 0 aliphatic heterocycles. The second kappa shape index (κ2) is 8.34. The summed E-state index contributed by atoms with van der Waals surface area (Å²) in [5.74, 6) is 0. The average Bonchev–Trinajstić information content (AvgIpc) is 1.97. The Morgan fingerprint density at radius 2 is 2.20 bits per heavy atom. The van der Waals surface area contributed by atoms with Crippen molar-refractivity contribution in [3.8, 4) is 0 Å². The molecule has 56 valence electrons. The third-order valence-corrected chi connectivity index (χ3v) is 1.18. The number of unbranched alkanes of at least 4 members (excludes halogenated alkanes) is 4. The molecule has 0 heterocycles. The van der Waals surface area contributed by atoms with Gasteiger partial charge in [-0.15, -0.1) is 0 Å². The van der Waals surface area contributed by atoms with Crippen molar-refractivity contribution in [2.45, 2.75) is 32.1 Å². The predicted molar refractivity (Wildman–Crippen MR) is 41.9 cm³/mol. The smallest absolute Gasteiger partial charge is 0.233 e. The molecular formula is C8H13NO. The van der Waals surface area contributed by atoms with Crippen molar-refractivity contribution in [2.75, 3.05) is 0 Å². The summed E-state index contributed by atoms with van der Waals surface area (Å²) >= 11 is 0. The molecule has 0 unspecified atom stereocenters. The highest BCUT2D eigenvalue weighted by atomic mass is 16.1. The Kier molecular flexibility index (Phi) is 7.79. The summed E-state index contributed by atoms with van der Waals surface area (Å²) in [5, 5.41) is 0. The van der Waals surface area contributed by atoms with Gasteiger partial charge in [-0.05, 0) is 12.8 Å². The van der Waals surface area contributed by atoms with Crippen LogP contribution in [0.5, 0.6) is 0 Å². The minimum atomic E-state index is 0.515. The van der Waals surface area contributed by atoms with E-state index in [1.807, 2.05) is 0 Å². The zero-order chi connectivity index (χ0) is 7.66. The lowest BCUT2D eigenvalue weighted by Gasteiger charge is -1.91. The molecule has 0 fully saturated rings. The van der Waals surface area contributed by atoms with E-state index in [0.717, 1.165) is 32.1 Å². The first-order chi connectivity index (χ1) is 4.91. The van der Waals surface area contributed by atoms with Crippen molar-refractivity contribution < 1.29 is 4.79 Å². The largest absolute Gasteiger partial charge is 0.276 e. The minimum Gasteiger partial charge on any atom is -0.276 e. The van der Waals surface area contributed by atoms with Crippen molar-refractivity contribution in [3.05, 3.63) is 6.92 Å².